The Morgan fingerprint density at radius 3 is 2.80 bits per heavy atom. The number of aromatic hydroxyl groups is 2. The molecule has 2 aliphatic rings. The normalized spacial score (nSPS) is 28.9. The van der Waals surface area contributed by atoms with Crippen LogP contribution in [0.25, 0.3) is 0 Å². The van der Waals surface area contributed by atoms with E-state index < -0.39 is 0 Å². The fourth-order valence-electron chi connectivity index (χ4n) is 3.83. The third-order valence-electron chi connectivity index (χ3n) is 4.87. The van der Waals surface area contributed by atoms with Gasteiger partial charge in [-0.3, -0.25) is 4.90 Å². The first-order valence-corrected chi connectivity index (χ1v) is 7.68. The first kappa shape index (κ1) is 13.7. The van der Waals surface area contributed by atoms with Crippen molar-refractivity contribution in [1.82, 2.24) is 10.2 Å². The van der Waals surface area contributed by atoms with Crippen molar-refractivity contribution in [3.8, 4) is 11.5 Å². The van der Waals surface area contributed by atoms with Crippen molar-refractivity contribution in [3.63, 3.8) is 0 Å². The van der Waals surface area contributed by atoms with Gasteiger partial charge in [0.15, 0.2) is 0 Å². The lowest BCUT2D eigenvalue weighted by atomic mass is 10.00. The zero-order valence-corrected chi connectivity index (χ0v) is 12.0. The Kier molecular flexibility index (Phi) is 3.85. The van der Waals surface area contributed by atoms with Crippen LogP contribution in [0.5, 0.6) is 11.5 Å². The summed E-state index contributed by atoms with van der Waals surface area (Å²) in [4.78, 5) is 2.51. The van der Waals surface area contributed by atoms with Gasteiger partial charge in [-0.1, -0.05) is 6.07 Å². The van der Waals surface area contributed by atoms with E-state index in [1.807, 2.05) is 6.07 Å². The highest BCUT2D eigenvalue weighted by molar-refractivity contribution is 5.40. The van der Waals surface area contributed by atoms with Gasteiger partial charge in [-0.05, 0) is 51.8 Å². The number of phenolic OH excluding ortho intramolecular Hbond substituents is 2. The molecule has 3 atom stereocenters. The second-order valence-electron chi connectivity index (χ2n) is 6.07. The molecule has 1 aromatic rings. The van der Waals surface area contributed by atoms with Crippen LogP contribution in [0.15, 0.2) is 18.2 Å². The van der Waals surface area contributed by atoms with Crippen molar-refractivity contribution in [2.45, 2.75) is 50.7 Å². The van der Waals surface area contributed by atoms with Gasteiger partial charge in [-0.2, -0.15) is 0 Å². The predicted molar refractivity (Wildman–Crippen MR) is 78.9 cm³/mol. The number of rotatable bonds is 3. The standard InChI is InChI=1S/C16H24N2O2/c1-11(13-7-6-12(19)10-16(13)20)18-9-3-5-15(18)14-4-2-8-17-14/h6-7,10-11,14-15,17,19-20H,2-5,8-9H2,1H3. The summed E-state index contributed by atoms with van der Waals surface area (Å²) in [6.45, 7) is 4.37. The molecule has 3 N–H and O–H groups in total. The molecule has 0 saturated carbocycles. The molecule has 0 aromatic heterocycles. The Morgan fingerprint density at radius 2 is 2.10 bits per heavy atom. The third-order valence-corrected chi connectivity index (χ3v) is 4.87. The van der Waals surface area contributed by atoms with E-state index in [1.165, 1.54) is 31.7 Å². The van der Waals surface area contributed by atoms with Gasteiger partial charge >= 0.3 is 0 Å². The van der Waals surface area contributed by atoms with Gasteiger partial charge in [0.25, 0.3) is 0 Å². The van der Waals surface area contributed by atoms with Gasteiger partial charge in [0.05, 0.1) is 0 Å². The summed E-state index contributed by atoms with van der Waals surface area (Å²) in [6, 6.07) is 6.28. The lowest BCUT2D eigenvalue weighted by molar-refractivity contribution is 0.161. The Bertz CT molecular complexity index is 472. The summed E-state index contributed by atoms with van der Waals surface area (Å²) >= 11 is 0. The lowest BCUT2D eigenvalue weighted by Gasteiger charge is -2.34. The van der Waals surface area contributed by atoms with Crippen LogP contribution in [-0.2, 0) is 0 Å². The first-order valence-electron chi connectivity index (χ1n) is 7.68. The SMILES string of the molecule is CC(c1ccc(O)cc1O)N1CCCC1C1CCCN1. The average molecular weight is 276 g/mol. The lowest BCUT2D eigenvalue weighted by Crippen LogP contribution is -2.44. The number of likely N-dealkylation sites (tertiary alicyclic amines) is 1. The van der Waals surface area contributed by atoms with E-state index in [-0.39, 0.29) is 17.5 Å². The van der Waals surface area contributed by atoms with E-state index in [4.69, 9.17) is 0 Å². The minimum absolute atomic E-state index is 0.119. The molecule has 20 heavy (non-hydrogen) atoms. The van der Waals surface area contributed by atoms with E-state index in [2.05, 4.69) is 17.1 Å². The van der Waals surface area contributed by atoms with Crippen molar-refractivity contribution in [2.75, 3.05) is 13.1 Å². The highest BCUT2D eigenvalue weighted by Crippen LogP contribution is 2.36. The number of hydrogen-bond donors (Lipinski definition) is 3. The summed E-state index contributed by atoms with van der Waals surface area (Å²) in [5, 5.41) is 23.1. The Balaban J connectivity index is 1.79. The zero-order chi connectivity index (χ0) is 14.1. The van der Waals surface area contributed by atoms with Gasteiger partial charge in [0.1, 0.15) is 11.5 Å². The van der Waals surface area contributed by atoms with Gasteiger partial charge in [0, 0.05) is 29.8 Å². The van der Waals surface area contributed by atoms with Gasteiger partial charge in [-0.15, -0.1) is 0 Å². The van der Waals surface area contributed by atoms with Crippen LogP contribution in [0, 0.1) is 0 Å². The molecule has 2 saturated heterocycles. The fourth-order valence-corrected chi connectivity index (χ4v) is 3.83. The van der Waals surface area contributed by atoms with E-state index in [9.17, 15) is 10.2 Å². The highest BCUT2D eigenvalue weighted by atomic mass is 16.3. The number of nitrogens with zero attached hydrogens (tertiary/aromatic N) is 1. The maximum Gasteiger partial charge on any atom is 0.124 e. The van der Waals surface area contributed by atoms with Crippen LogP contribution in [0.3, 0.4) is 0 Å². The molecule has 4 heteroatoms. The van der Waals surface area contributed by atoms with Crippen LogP contribution in [0.4, 0.5) is 0 Å². The first-order chi connectivity index (χ1) is 9.66. The number of phenols is 2. The number of nitrogens with one attached hydrogen (secondary N) is 1. The van der Waals surface area contributed by atoms with Crippen LogP contribution < -0.4 is 5.32 Å². The maximum absolute atomic E-state index is 10.1. The molecule has 2 aliphatic heterocycles. The van der Waals surface area contributed by atoms with Crippen molar-refractivity contribution in [3.05, 3.63) is 23.8 Å². The molecule has 3 unspecified atom stereocenters. The van der Waals surface area contributed by atoms with E-state index in [0.717, 1.165) is 18.7 Å². The second-order valence-corrected chi connectivity index (χ2v) is 6.07. The largest absolute Gasteiger partial charge is 0.508 e. The van der Waals surface area contributed by atoms with Crippen LogP contribution in [0.2, 0.25) is 0 Å². The molecular weight excluding hydrogens is 252 g/mol. The smallest absolute Gasteiger partial charge is 0.124 e. The quantitative estimate of drug-likeness (QED) is 0.793. The average Bonchev–Trinajstić information content (AvgIpc) is 3.09. The van der Waals surface area contributed by atoms with Crippen LogP contribution in [0.1, 0.15) is 44.2 Å². The molecule has 0 spiro atoms. The number of benzene rings is 1. The van der Waals surface area contributed by atoms with Crippen LogP contribution >= 0.6 is 0 Å². The molecule has 1 aromatic carbocycles. The molecule has 4 nitrogen and oxygen atoms in total. The Morgan fingerprint density at radius 1 is 1.25 bits per heavy atom. The molecule has 3 rings (SSSR count). The molecule has 0 amide bonds. The van der Waals surface area contributed by atoms with E-state index in [0.29, 0.717) is 12.1 Å². The zero-order valence-electron chi connectivity index (χ0n) is 12.0. The monoisotopic (exact) mass is 276 g/mol. The Labute approximate surface area is 120 Å². The van der Waals surface area contributed by atoms with Crippen molar-refractivity contribution in [1.29, 1.82) is 0 Å². The summed E-state index contributed by atoms with van der Waals surface area (Å²) in [5.74, 6) is 0.316. The maximum atomic E-state index is 10.1. The summed E-state index contributed by atoms with van der Waals surface area (Å²) in [7, 11) is 0. The molecule has 110 valence electrons. The highest BCUT2D eigenvalue weighted by Gasteiger charge is 2.36. The molecule has 2 heterocycles. The molecular formula is C16H24N2O2. The van der Waals surface area contributed by atoms with Gasteiger partial charge < -0.3 is 15.5 Å². The van der Waals surface area contributed by atoms with Gasteiger partial charge in [-0.25, -0.2) is 0 Å². The van der Waals surface area contributed by atoms with Crippen LogP contribution in [-0.4, -0.2) is 40.3 Å². The predicted octanol–water partition coefficient (Wildman–Crippen LogP) is 2.38. The number of hydrogen-bond acceptors (Lipinski definition) is 4. The van der Waals surface area contributed by atoms with Crippen molar-refractivity contribution in [2.24, 2.45) is 0 Å². The molecule has 0 radical (unpaired) electrons. The topological polar surface area (TPSA) is 55.7 Å². The Hall–Kier alpha value is -1.26. The van der Waals surface area contributed by atoms with Crippen molar-refractivity contribution >= 4 is 0 Å². The summed E-state index contributed by atoms with van der Waals surface area (Å²) in [6.07, 6.45) is 5.00. The fraction of sp³-hybridized carbons (Fsp3) is 0.625. The summed E-state index contributed by atoms with van der Waals surface area (Å²) in [5.41, 5.74) is 0.910. The molecule has 0 aliphatic carbocycles. The van der Waals surface area contributed by atoms with Crippen molar-refractivity contribution < 1.29 is 10.2 Å². The summed E-state index contributed by atoms with van der Waals surface area (Å²) < 4.78 is 0. The third kappa shape index (κ3) is 2.50. The van der Waals surface area contributed by atoms with Gasteiger partial charge in [0.2, 0.25) is 0 Å². The van der Waals surface area contributed by atoms with E-state index in [1.54, 1.807) is 6.07 Å². The minimum Gasteiger partial charge on any atom is -0.508 e. The second kappa shape index (κ2) is 5.62. The molecule has 0 bridgehead atoms. The molecule has 2 fully saturated rings. The van der Waals surface area contributed by atoms with E-state index >= 15 is 0 Å². The minimum atomic E-state index is 0.119.